The van der Waals surface area contributed by atoms with Gasteiger partial charge < -0.3 is 25.3 Å². The van der Waals surface area contributed by atoms with Gasteiger partial charge in [-0.2, -0.15) is 0 Å². The van der Waals surface area contributed by atoms with Crippen molar-refractivity contribution in [1.82, 2.24) is 10.3 Å². The normalized spacial score (nSPS) is 14.2. The number of hydrogen-bond donors (Lipinski definition) is 4. The summed E-state index contributed by atoms with van der Waals surface area (Å²) in [6.45, 7) is 5.76. The maximum atomic E-state index is 11.7. The second kappa shape index (κ2) is 6.70. The zero-order chi connectivity index (χ0) is 14.6. The SMILES string of the molecule is CCOC(=O)c1[nH]c(C)c(C(O)C(O)CNC)c1C. The van der Waals surface area contributed by atoms with E-state index in [2.05, 4.69) is 10.3 Å². The van der Waals surface area contributed by atoms with Gasteiger partial charge in [-0.15, -0.1) is 0 Å². The van der Waals surface area contributed by atoms with E-state index in [4.69, 9.17) is 4.74 Å². The highest BCUT2D eigenvalue weighted by Gasteiger charge is 2.26. The standard InChI is InChI=1S/C13H22N2O4/c1-5-19-13(18)11-7(2)10(8(3)15-11)12(17)9(16)6-14-4/h9,12,14-17H,5-6H2,1-4H3. The quantitative estimate of drug-likeness (QED) is 0.562. The number of nitrogens with one attached hydrogen (secondary N) is 2. The summed E-state index contributed by atoms with van der Waals surface area (Å²) in [5.74, 6) is -0.454. The Morgan fingerprint density at radius 2 is 2.05 bits per heavy atom. The predicted octanol–water partition coefficient (Wildman–Crippen LogP) is 0.422. The van der Waals surface area contributed by atoms with Crippen molar-refractivity contribution in [2.24, 2.45) is 0 Å². The molecule has 1 heterocycles. The van der Waals surface area contributed by atoms with Crippen LogP contribution in [0.5, 0.6) is 0 Å². The average molecular weight is 270 g/mol. The Labute approximate surface area is 112 Å². The van der Waals surface area contributed by atoms with Gasteiger partial charge >= 0.3 is 5.97 Å². The van der Waals surface area contributed by atoms with Crippen molar-refractivity contribution >= 4 is 5.97 Å². The first-order valence-electron chi connectivity index (χ1n) is 6.30. The highest BCUT2D eigenvalue weighted by Crippen LogP contribution is 2.27. The van der Waals surface area contributed by atoms with Gasteiger partial charge in [-0.05, 0) is 33.4 Å². The van der Waals surface area contributed by atoms with Crippen molar-refractivity contribution in [2.75, 3.05) is 20.2 Å². The first-order chi connectivity index (χ1) is 8.93. The summed E-state index contributed by atoms with van der Waals surface area (Å²) in [5, 5.41) is 22.8. The van der Waals surface area contributed by atoms with E-state index in [-0.39, 0.29) is 13.2 Å². The Kier molecular flexibility index (Phi) is 5.53. The maximum absolute atomic E-state index is 11.7. The molecule has 6 nitrogen and oxygen atoms in total. The molecule has 2 unspecified atom stereocenters. The van der Waals surface area contributed by atoms with Crippen LogP contribution in [0.15, 0.2) is 0 Å². The van der Waals surface area contributed by atoms with E-state index in [9.17, 15) is 15.0 Å². The number of likely N-dealkylation sites (N-methyl/N-ethyl adjacent to an activating group) is 1. The third-order valence-corrected chi connectivity index (χ3v) is 3.05. The Bertz CT molecular complexity index is 442. The summed E-state index contributed by atoms with van der Waals surface area (Å²) >= 11 is 0. The van der Waals surface area contributed by atoms with Crippen LogP contribution in [0.3, 0.4) is 0 Å². The van der Waals surface area contributed by atoms with Gasteiger partial charge in [0.25, 0.3) is 0 Å². The number of H-pyrrole nitrogens is 1. The fraction of sp³-hybridized carbons (Fsp3) is 0.615. The zero-order valence-corrected chi connectivity index (χ0v) is 11.8. The van der Waals surface area contributed by atoms with Gasteiger partial charge in [0.05, 0.1) is 12.7 Å². The average Bonchev–Trinajstić information content (AvgIpc) is 2.65. The Morgan fingerprint density at radius 3 is 2.58 bits per heavy atom. The number of aromatic nitrogens is 1. The van der Waals surface area contributed by atoms with E-state index in [0.717, 1.165) is 0 Å². The molecule has 0 fully saturated rings. The lowest BCUT2D eigenvalue weighted by Crippen LogP contribution is -2.30. The molecular formula is C13H22N2O4. The third kappa shape index (κ3) is 3.34. The summed E-state index contributed by atoms with van der Waals surface area (Å²) in [4.78, 5) is 14.6. The van der Waals surface area contributed by atoms with Crippen molar-refractivity contribution in [1.29, 1.82) is 0 Å². The molecule has 1 rings (SSSR count). The molecule has 0 amide bonds. The second-order valence-corrected chi connectivity index (χ2v) is 4.45. The Balaban J connectivity index is 3.06. The van der Waals surface area contributed by atoms with Crippen molar-refractivity contribution < 1.29 is 19.7 Å². The van der Waals surface area contributed by atoms with Gasteiger partial charge in [0, 0.05) is 17.8 Å². The number of aliphatic hydroxyl groups is 2. The van der Waals surface area contributed by atoms with Crippen LogP contribution >= 0.6 is 0 Å². The van der Waals surface area contributed by atoms with Crippen LogP contribution in [0.1, 0.15) is 40.3 Å². The number of aliphatic hydroxyl groups excluding tert-OH is 2. The van der Waals surface area contributed by atoms with Crippen molar-refractivity contribution in [2.45, 2.75) is 33.0 Å². The molecule has 1 aromatic rings. The molecule has 1 aromatic heterocycles. The lowest BCUT2D eigenvalue weighted by molar-refractivity contribution is 0.0195. The minimum absolute atomic E-state index is 0.264. The van der Waals surface area contributed by atoms with Crippen LogP contribution in [0.25, 0.3) is 0 Å². The fourth-order valence-electron chi connectivity index (χ4n) is 2.13. The minimum atomic E-state index is -1.05. The van der Waals surface area contributed by atoms with Gasteiger partial charge in [-0.25, -0.2) is 4.79 Å². The molecule has 0 saturated heterocycles. The molecule has 4 N–H and O–H groups in total. The molecule has 108 valence electrons. The molecule has 19 heavy (non-hydrogen) atoms. The summed E-state index contributed by atoms with van der Waals surface area (Å²) in [5.41, 5.74) is 2.14. The molecular weight excluding hydrogens is 248 g/mol. The highest BCUT2D eigenvalue weighted by molar-refractivity contribution is 5.89. The highest BCUT2D eigenvalue weighted by atomic mass is 16.5. The van der Waals surface area contributed by atoms with Crippen molar-refractivity contribution in [3.05, 3.63) is 22.5 Å². The van der Waals surface area contributed by atoms with Crippen molar-refractivity contribution in [3.8, 4) is 0 Å². The monoisotopic (exact) mass is 270 g/mol. The Hall–Kier alpha value is -1.37. The van der Waals surface area contributed by atoms with Gasteiger partial charge in [0.15, 0.2) is 0 Å². The van der Waals surface area contributed by atoms with Gasteiger partial charge in [-0.1, -0.05) is 0 Å². The molecule has 0 aliphatic heterocycles. The number of carbonyl (C=O) groups is 1. The van der Waals surface area contributed by atoms with Crippen LogP contribution in [0.2, 0.25) is 0 Å². The number of ether oxygens (including phenoxy) is 1. The Morgan fingerprint density at radius 1 is 1.42 bits per heavy atom. The van der Waals surface area contributed by atoms with Crippen LogP contribution in [0, 0.1) is 13.8 Å². The zero-order valence-electron chi connectivity index (χ0n) is 11.8. The molecule has 0 bridgehead atoms. The van der Waals surface area contributed by atoms with Gasteiger partial charge in [0.2, 0.25) is 0 Å². The second-order valence-electron chi connectivity index (χ2n) is 4.45. The number of aromatic amines is 1. The molecule has 0 aliphatic rings. The lowest BCUT2D eigenvalue weighted by Gasteiger charge is -2.18. The van der Waals surface area contributed by atoms with E-state index in [1.54, 1.807) is 27.8 Å². The summed E-state index contributed by atoms with van der Waals surface area (Å²) < 4.78 is 4.94. The van der Waals surface area contributed by atoms with E-state index >= 15 is 0 Å². The maximum Gasteiger partial charge on any atom is 0.355 e. The fourth-order valence-corrected chi connectivity index (χ4v) is 2.13. The lowest BCUT2D eigenvalue weighted by atomic mass is 10.00. The number of esters is 1. The number of hydrogen-bond acceptors (Lipinski definition) is 5. The molecule has 0 aliphatic carbocycles. The van der Waals surface area contributed by atoms with E-state index < -0.39 is 18.2 Å². The molecule has 2 atom stereocenters. The summed E-state index contributed by atoms with van der Waals surface area (Å²) in [7, 11) is 1.69. The molecule has 0 saturated carbocycles. The molecule has 0 radical (unpaired) electrons. The smallest absolute Gasteiger partial charge is 0.355 e. The van der Waals surface area contributed by atoms with Gasteiger partial charge in [-0.3, -0.25) is 0 Å². The topological polar surface area (TPSA) is 94.6 Å². The van der Waals surface area contributed by atoms with Crippen molar-refractivity contribution in [3.63, 3.8) is 0 Å². The first kappa shape index (κ1) is 15.7. The van der Waals surface area contributed by atoms with E-state index in [0.29, 0.717) is 22.5 Å². The largest absolute Gasteiger partial charge is 0.461 e. The van der Waals surface area contributed by atoms with E-state index in [1.165, 1.54) is 0 Å². The predicted molar refractivity (Wildman–Crippen MR) is 71.1 cm³/mol. The van der Waals surface area contributed by atoms with Crippen LogP contribution < -0.4 is 5.32 Å². The third-order valence-electron chi connectivity index (χ3n) is 3.05. The molecule has 0 spiro atoms. The number of carbonyl (C=O) groups excluding carboxylic acids is 1. The molecule has 6 heteroatoms. The summed E-state index contributed by atoms with van der Waals surface area (Å²) in [6, 6.07) is 0. The van der Waals surface area contributed by atoms with Gasteiger partial charge in [0.1, 0.15) is 11.8 Å². The number of aryl methyl sites for hydroxylation is 1. The van der Waals surface area contributed by atoms with Crippen LogP contribution in [0.4, 0.5) is 0 Å². The minimum Gasteiger partial charge on any atom is -0.461 e. The molecule has 0 aromatic carbocycles. The van der Waals surface area contributed by atoms with Crippen LogP contribution in [-0.4, -0.2) is 47.5 Å². The van der Waals surface area contributed by atoms with E-state index in [1.807, 2.05) is 0 Å². The number of rotatable bonds is 6. The first-order valence-corrected chi connectivity index (χ1v) is 6.30. The van der Waals surface area contributed by atoms with Crippen LogP contribution in [-0.2, 0) is 4.74 Å². The summed E-state index contributed by atoms with van der Waals surface area (Å²) in [6.07, 6.45) is -1.99.